The van der Waals surface area contributed by atoms with E-state index in [9.17, 15) is 67.6 Å². The van der Waals surface area contributed by atoms with Gasteiger partial charge in [0, 0.05) is 90.1 Å². The molecule has 132 heavy (non-hydrogen) atoms. The lowest BCUT2D eigenvalue weighted by Crippen LogP contribution is -2.49. The molecule has 0 saturated heterocycles. The molecule has 7 unspecified atom stereocenters. The summed E-state index contributed by atoms with van der Waals surface area (Å²) in [6, 6.07) is 45.1. The quantitative estimate of drug-likeness (QED) is 0.0989. The number of hydrogen-bond acceptors (Lipinski definition) is 16. The van der Waals surface area contributed by atoms with Crippen molar-refractivity contribution < 1.29 is 48.4 Å². The Kier molecular flexibility index (Phi) is 25.5. The second-order valence-corrected chi connectivity index (χ2v) is 37.5. The summed E-state index contributed by atoms with van der Waals surface area (Å²) in [4.78, 5) is 108. The molecule has 12 aromatic rings. The molecule has 24 nitrogen and oxygen atoms in total. The van der Waals surface area contributed by atoms with Gasteiger partial charge in [0.1, 0.15) is 11.6 Å². The van der Waals surface area contributed by atoms with Crippen molar-refractivity contribution in [1.29, 1.82) is 0 Å². The molecule has 8 heterocycles. The minimum Gasteiger partial charge on any atom is -0.502 e. The van der Waals surface area contributed by atoms with Crippen LogP contribution in [0, 0.1) is 32.4 Å². The molecule has 4 aliphatic carbocycles. The van der Waals surface area contributed by atoms with Crippen molar-refractivity contribution in [2.24, 2.45) is 0 Å². The third-order valence-corrected chi connectivity index (χ3v) is 27.9. The zero-order valence-electron chi connectivity index (χ0n) is 74.6. The van der Waals surface area contributed by atoms with Gasteiger partial charge >= 0.3 is 0 Å². The van der Waals surface area contributed by atoms with Gasteiger partial charge in [0.15, 0.2) is 45.8 Å². The topological polar surface area (TPSA) is 302 Å². The van der Waals surface area contributed by atoms with Crippen LogP contribution in [0.25, 0.3) is 0 Å². The van der Waals surface area contributed by atoms with E-state index in [2.05, 4.69) is 94.9 Å². The average molecular weight is 1840 g/mol. The Bertz CT molecular complexity index is 6310. The lowest BCUT2D eigenvalue weighted by Gasteiger charge is -2.41. The SMILES string of the molecule is CC(C)N1CC(C2c3ccc(Cl)cc3CCc3cc(Cl)ccc32)n2ncc(=O)c(O)c2C1=O.CCCN1CC(C2c3ccc(C)cc3CCc3cc(Cl)ccc32)n2ncc(=O)c(O)c2C1=O.CCCN1CC(C2c3ccc(C)cc3CCc3cc(F)ccc32)n2ncc(=O)c(O)c2C1=O.Cc1ccc2c(c1)CCc1cc(F)ccc1C2C1CN(C(C)C)C(=O)c2c(O)c(=O)cnn21. The average Bonchev–Trinajstić information content (AvgIpc) is 1.09. The highest BCUT2D eigenvalue weighted by molar-refractivity contribution is 6.31. The number of carbonyl (C=O) groups excluding carboxylic acids is 4. The van der Waals surface area contributed by atoms with E-state index in [1.54, 1.807) is 36.4 Å². The maximum Gasteiger partial charge on any atom is 0.276 e. The molecule has 20 rings (SSSR count). The first-order chi connectivity index (χ1) is 63.3. The summed E-state index contributed by atoms with van der Waals surface area (Å²) in [6.07, 6.45) is 12.1. The van der Waals surface area contributed by atoms with Crippen LogP contribution < -0.4 is 21.7 Å². The van der Waals surface area contributed by atoms with Crippen molar-refractivity contribution in [3.05, 3.63) is 366 Å². The summed E-state index contributed by atoms with van der Waals surface area (Å²) in [5.74, 6) is -5.13. The number of hydrogen-bond donors (Lipinski definition) is 4. The number of nitrogens with zero attached hydrogens (tertiary/aromatic N) is 12. The van der Waals surface area contributed by atoms with Crippen LogP contribution in [0.2, 0.25) is 15.1 Å². The molecule has 0 radical (unpaired) electrons. The van der Waals surface area contributed by atoms with Gasteiger partial charge in [-0.05, 0) is 262 Å². The summed E-state index contributed by atoms with van der Waals surface area (Å²) < 4.78 is 34.5. The van der Waals surface area contributed by atoms with Crippen molar-refractivity contribution in [3.8, 4) is 23.0 Å². The van der Waals surface area contributed by atoms with Crippen LogP contribution in [0.4, 0.5) is 8.78 Å². The number of aromatic hydroxyl groups is 4. The molecule has 0 saturated carbocycles. The summed E-state index contributed by atoms with van der Waals surface area (Å²) in [7, 11) is 0. The van der Waals surface area contributed by atoms with Crippen molar-refractivity contribution in [3.63, 3.8) is 0 Å². The lowest BCUT2D eigenvalue weighted by atomic mass is 9.81. The van der Waals surface area contributed by atoms with Crippen molar-refractivity contribution >= 4 is 58.4 Å². The maximum absolute atomic E-state index is 14.2. The summed E-state index contributed by atoms with van der Waals surface area (Å²) in [5, 5.41) is 61.7. The van der Waals surface area contributed by atoms with Crippen molar-refractivity contribution in [2.45, 2.75) is 186 Å². The molecule has 680 valence electrons. The van der Waals surface area contributed by atoms with E-state index in [4.69, 9.17) is 34.8 Å². The highest BCUT2D eigenvalue weighted by Crippen LogP contribution is 2.51. The molecular weight excluding hydrogens is 1740 g/mol. The van der Waals surface area contributed by atoms with Crippen LogP contribution in [0.15, 0.2) is 190 Å². The van der Waals surface area contributed by atoms with E-state index in [1.165, 1.54) is 59.6 Å². The van der Waals surface area contributed by atoms with Crippen LogP contribution in [0.5, 0.6) is 23.0 Å². The van der Waals surface area contributed by atoms with Gasteiger partial charge in [-0.1, -0.05) is 150 Å². The number of halogens is 5. The fourth-order valence-corrected chi connectivity index (χ4v) is 21.7. The van der Waals surface area contributed by atoms with E-state index in [-0.39, 0.29) is 100 Å². The van der Waals surface area contributed by atoms with E-state index in [1.807, 2.05) is 109 Å². The first-order valence-corrected chi connectivity index (χ1v) is 46.1. The predicted molar refractivity (Wildman–Crippen MR) is 499 cm³/mol. The number of benzene rings is 8. The van der Waals surface area contributed by atoms with Crippen molar-refractivity contribution in [1.82, 2.24) is 58.7 Å². The smallest absolute Gasteiger partial charge is 0.276 e. The first kappa shape index (κ1) is 91.0. The van der Waals surface area contributed by atoms with Crippen LogP contribution in [-0.4, -0.2) is 154 Å². The number of amides is 4. The van der Waals surface area contributed by atoms with Gasteiger partial charge in [0.05, 0.1) is 49.0 Å². The highest BCUT2D eigenvalue weighted by Gasteiger charge is 2.48. The van der Waals surface area contributed by atoms with Gasteiger partial charge in [-0.2, -0.15) is 20.4 Å². The second kappa shape index (κ2) is 37.0. The van der Waals surface area contributed by atoms with E-state index >= 15 is 0 Å². The minimum atomic E-state index is -0.682. The van der Waals surface area contributed by atoms with Gasteiger partial charge in [-0.15, -0.1) is 0 Å². The monoisotopic (exact) mass is 1840 g/mol. The Morgan fingerprint density at radius 2 is 0.553 bits per heavy atom. The zero-order chi connectivity index (χ0) is 93.4. The minimum absolute atomic E-state index is 0.0272. The summed E-state index contributed by atoms with van der Waals surface area (Å²) >= 11 is 19.1. The predicted octanol–water partition coefficient (Wildman–Crippen LogP) is 16.3. The molecular formula is C103H101Cl3F2N12O12. The molecule has 7 atom stereocenters. The fourth-order valence-electron chi connectivity index (χ4n) is 21.1. The fraction of sp³-hybridized carbons (Fsp3) is 0.340. The van der Waals surface area contributed by atoms with E-state index in [0.717, 1.165) is 148 Å². The van der Waals surface area contributed by atoms with Gasteiger partial charge in [0.25, 0.3) is 23.6 Å². The van der Waals surface area contributed by atoms with Crippen LogP contribution in [0.1, 0.15) is 250 Å². The third kappa shape index (κ3) is 17.0. The zero-order valence-corrected chi connectivity index (χ0v) is 76.8. The second-order valence-electron chi connectivity index (χ2n) is 36.2. The van der Waals surface area contributed by atoms with Gasteiger partial charge in [-0.25, -0.2) is 8.78 Å². The number of aromatic nitrogens is 8. The molecule has 0 bridgehead atoms. The highest BCUT2D eigenvalue weighted by atomic mass is 35.5. The summed E-state index contributed by atoms with van der Waals surface area (Å²) in [5.41, 5.74) is 18.1. The largest absolute Gasteiger partial charge is 0.502 e. The van der Waals surface area contributed by atoms with Gasteiger partial charge < -0.3 is 40.0 Å². The van der Waals surface area contributed by atoms with Crippen molar-refractivity contribution in [2.75, 3.05) is 39.3 Å². The molecule has 4 aliphatic heterocycles. The summed E-state index contributed by atoms with van der Waals surface area (Å²) in [6.45, 7) is 20.4. The molecule has 29 heteroatoms. The standard InChI is InChI=1S/C26H26ClN3O3.2C26H26FN3O3.C25H23Cl2N3O3/c1-3-10-29-14-21(30-24(26(29)33)25(32)22(31)13-28-30)23-19-8-4-15(2)11-16(19)5-6-17-12-18(27)7-9-20(17)23;1-14(2)29-13-21(30-24(26(29)33)25(32)22(31)12-28-30)23-19-8-4-15(3)10-16(19)5-6-17-11-18(27)7-9-20(17)23;1-3-10-29-14-21(30-24(26(29)33)25(32)22(31)13-28-30)23-19-8-4-15(2)11-16(19)5-6-17-12-18(27)7-9-20(17)23;1-13(2)29-12-20(30-23(25(29)33)24(32)21(31)11-28-30)22-18-7-5-16(26)9-14(18)3-4-15-10-17(27)6-8-19(15)22/h4,7-9,11-13,21,23,32H,3,5-6,10,14H2,1-2H3;4,7-12,14,21,23,32H,5-6,13H2,1-3H3;4,7-9,11-13,21,23,32H,3,5-6,10,14H2,1-2H3;5-11,13,20,22,32H,3-4,12H2,1-2H3. The van der Waals surface area contributed by atoms with Crippen LogP contribution in [0.3, 0.4) is 0 Å². The van der Waals surface area contributed by atoms with Crippen LogP contribution in [-0.2, 0) is 51.4 Å². The molecule has 4 amide bonds. The lowest BCUT2D eigenvalue weighted by molar-refractivity contribution is 0.0562. The Morgan fingerprint density at radius 1 is 0.326 bits per heavy atom. The molecule has 8 aliphatic rings. The Balaban J connectivity index is 0.000000123. The van der Waals surface area contributed by atoms with E-state index in [0.29, 0.717) is 67.2 Å². The molecule has 4 N–H and O–H groups in total. The number of aryl methyl sites for hydroxylation is 11. The van der Waals surface area contributed by atoms with Gasteiger partial charge in [0.2, 0.25) is 21.7 Å². The van der Waals surface area contributed by atoms with Gasteiger partial charge in [-0.3, -0.25) is 57.1 Å². The molecule has 4 aromatic heterocycles. The molecule has 8 aromatic carbocycles. The van der Waals surface area contributed by atoms with E-state index < -0.39 is 62.4 Å². The number of carbonyl (C=O) groups is 4. The third-order valence-electron chi connectivity index (χ3n) is 27.2. The maximum atomic E-state index is 14.2. The molecule has 0 spiro atoms. The first-order valence-electron chi connectivity index (χ1n) is 44.9. The number of fused-ring (bicyclic) bond motifs is 12. The Hall–Kier alpha value is -12.9. The Morgan fingerprint density at radius 3 is 0.811 bits per heavy atom. The number of rotatable bonds is 10. The normalized spacial score (nSPS) is 19.2. The molecule has 0 fully saturated rings. The van der Waals surface area contributed by atoms with Crippen LogP contribution >= 0.6 is 34.8 Å². The Labute approximate surface area is 775 Å².